The molecule has 1 saturated carbocycles. The zero-order chi connectivity index (χ0) is 10.8. The molecule has 1 aliphatic rings. The number of nitrogens with zero attached hydrogens (tertiary/aromatic N) is 1. The Morgan fingerprint density at radius 2 is 2.00 bits per heavy atom. The van der Waals surface area contributed by atoms with Gasteiger partial charge in [-0.15, -0.1) is 0 Å². The summed E-state index contributed by atoms with van der Waals surface area (Å²) in [5.41, 5.74) is 0. The van der Waals surface area contributed by atoms with E-state index in [0.717, 1.165) is 12.8 Å². The summed E-state index contributed by atoms with van der Waals surface area (Å²) >= 11 is 2.62. The van der Waals surface area contributed by atoms with Crippen LogP contribution >= 0.6 is 15.9 Å². The minimum Gasteiger partial charge on any atom is -0.395 e. The first kappa shape index (κ1) is 12.3. The van der Waals surface area contributed by atoms with E-state index < -0.39 is 11.0 Å². The van der Waals surface area contributed by atoms with Crippen molar-refractivity contribution in [2.24, 2.45) is 0 Å². The molecule has 1 atom stereocenters. The van der Waals surface area contributed by atoms with Crippen molar-refractivity contribution in [3.05, 3.63) is 0 Å². The second-order valence-corrected chi connectivity index (χ2v) is 4.56. The van der Waals surface area contributed by atoms with Gasteiger partial charge in [0, 0.05) is 19.1 Å². The van der Waals surface area contributed by atoms with Gasteiger partial charge in [-0.25, -0.2) is 0 Å². The summed E-state index contributed by atoms with van der Waals surface area (Å²) in [6.45, 7) is 0.158. The molecule has 14 heavy (non-hydrogen) atoms. The highest BCUT2D eigenvalue weighted by molar-refractivity contribution is 9.09. The second-order valence-electron chi connectivity index (χ2n) is 3.46. The molecule has 0 aromatic rings. The first-order chi connectivity index (χ1) is 6.45. The predicted molar refractivity (Wildman–Crippen MR) is 50.5 cm³/mol. The number of aliphatic hydroxyl groups is 1. The highest BCUT2D eigenvalue weighted by Crippen LogP contribution is 2.31. The van der Waals surface area contributed by atoms with Crippen molar-refractivity contribution in [3.8, 4) is 0 Å². The lowest BCUT2D eigenvalue weighted by Gasteiger charge is -2.24. The van der Waals surface area contributed by atoms with Crippen molar-refractivity contribution in [1.82, 2.24) is 4.90 Å². The van der Waals surface area contributed by atoms with Crippen LogP contribution < -0.4 is 0 Å². The van der Waals surface area contributed by atoms with Crippen LogP contribution in [0.3, 0.4) is 0 Å². The van der Waals surface area contributed by atoms with Gasteiger partial charge in [-0.1, -0.05) is 15.9 Å². The Morgan fingerprint density at radius 3 is 2.36 bits per heavy atom. The molecule has 0 aliphatic heterocycles. The number of rotatable bonds is 5. The summed E-state index contributed by atoms with van der Waals surface area (Å²) in [6.07, 6.45) is -2.32. The van der Waals surface area contributed by atoms with Crippen LogP contribution in [0.5, 0.6) is 0 Å². The Kier molecular flexibility index (Phi) is 4.21. The summed E-state index contributed by atoms with van der Waals surface area (Å²) < 4.78 is 36.6. The molecule has 0 spiro atoms. The van der Waals surface area contributed by atoms with Gasteiger partial charge in [-0.05, 0) is 12.8 Å². The highest BCUT2D eigenvalue weighted by atomic mass is 79.9. The molecule has 0 aromatic carbocycles. The minimum absolute atomic E-state index is 0.0747. The van der Waals surface area contributed by atoms with Crippen LogP contribution in [0, 0.1) is 0 Å². The minimum atomic E-state index is -4.21. The molecule has 1 aliphatic carbocycles. The van der Waals surface area contributed by atoms with Crippen LogP contribution in [0.4, 0.5) is 13.2 Å². The molecule has 6 heteroatoms. The van der Waals surface area contributed by atoms with Gasteiger partial charge < -0.3 is 5.11 Å². The Hall–Kier alpha value is 0.190. The van der Waals surface area contributed by atoms with E-state index >= 15 is 0 Å². The third kappa shape index (κ3) is 3.74. The Bertz CT molecular complexity index is 184. The van der Waals surface area contributed by atoms with E-state index in [-0.39, 0.29) is 19.2 Å². The van der Waals surface area contributed by atoms with Crippen LogP contribution in [0.2, 0.25) is 0 Å². The molecule has 0 radical (unpaired) electrons. The zero-order valence-electron chi connectivity index (χ0n) is 7.60. The fraction of sp³-hybridized carbons (Fsp3) is 1.00. The molecular weight excluding hydrogens is 263 g/mol. The normalized spacial score (nSPS) is 20.1. The average Bonchev–Trinajstić information content (AvgIpc) is 2.83. The van der Waals surface area contributed by atoms with Gasteiger partial charge in [0.25, 0.3) is 0 Å². The number of alkyl halides is 4. The fourth-order valence-electron chi connectivity index (χ4n) is 1.30. The van der Waals surface area contributed by atoms with Crippen molar-refractivity contribution < 1.29 is 18.3 Å². The Labute approximate surface area is 89.2 Å². The van der Waals surface area contributed by atoms with Gasteiger partial charge in [-0.2, -0.15) is 13.2 Å². The van der Waals surface area contributed by atoms with Gasteiger partial charge >= 0.3 is 6.18 Å². The first-order valence-electron chi connectivity index (χ1n) is 4.51. The third-order valence-electron chi connectivity index (χ3n) is 2.20. The van der Waals surface area contributed by atoms with Gasteiger partial charge in [0.1, 0.15) is 4.83 Å². The molecular formula is C8H13BrF3NO. The van der Waals surface area contributed by atoms with Crippen LogP contribution in [-0.4, -0.2) is 46.7 Å². The topological polar surface area (TPSA) is 23.5 Å². The SMILES string of the molecule is OCCN(CC(Br)C(F)(F)F)C1CC1. The van der Waals surface area contributed by atoms with Crippen LogP contribution in [-0.2, 0) is 0 Å². The summed E-state index contributed by atoms with van der Waals surface area (Å²) in [5, 5.41) is 8.69. The molecule has 0 bridgehead atoms. The molecule has 2 nitrogen and oxygen atoms in total. The zero-order valence-corrected chi connectivity index (χ0v) is 9.18. The highest BCUT2D eigenvalue weighted by Gasteiger charge is 2.41. The van der Waals surface area contributed by atoms with E-state index in [1.165, 1.54) is 0 Å². The largest absolute Gasteiger partial charge is 0.402 e. The lowest BCUT2D eigenvalue weighted by molar-refractivity contribution is -0.131. The van der Waals surface area contributed by atoms with Crippen molar-refractivity contribution in [3.63, 3.8) is 0 Å². The molecule has 1 fully saturated rings. The number of hydrogen-bond acceptors (Lipinski definition) is 2. The standard InChI is InChI=1S/C8H13BrF3NO/c9-7(8(10,11)12)5-13(3-4-14)6-1-2-6/h6-7,14H,1-5H2. The quantitative estimate of drug-likeness (QED) is 0.774. The molecule has 1 unspecified atom stereocenters. The Balaban J connectivity index is 2.38. The lowest BCUT2D eigenvalue weighted by Crippen LogP contribution is -2.40. The van der Waals surface area contributed by atoms with E-state index in [1.807, 2.05) is 0 Å². The first-order valence-corrected chi connectivity index (χ1v) is 5.42. The third-order valence-corrected chi connectivity index (χ3v) is 3.01. The molecule has 0 heterocycles. The number of halogens is 4. The van der Waals surface area contributed by atoms with Crippen molar-refractivity contribution in [2.75, 3.05) is 19.7 Å². The second kappa shape index (κ2) is 4.81. The maximum absolute atomic E-state index is 12.2. The van der Waals surface area contributed by atoms with Crippen molar-refractivity contribution in [1.29, 1.82) is 0 Å². The monoisotopic (exact) mass is 275 g/mol. The van der Waals surface area contributed by atoms with Crippen LogP contribution in [0.1, 0.15) is 12.8 Å². The molecule has 0 aromatic heterocycles. The van der Waals surface area contributed by atoms with Gasteiger partial charge in [0.05, 0.1) is 6.61 Å². The molecule has 84 valence electrons. The molecule has 0 amide bonds. The van der Waals surface area contributed by atoms with E-state index in [4.69, 9.17) is 5.11 Å². The van der Waals surface area contributed by atoms with E-state index in [0.29, 0.717) is 6.54 Å². The van der Waals surface area contributed by atoms with Gasteiger partial charge in [0.2, 0.25) is 0 Å². The summed E-state index contributed by atoms with van der Waals surface area (Å²) in [4.78, 5) is 0.189. The summed E-state index contributed by atoms with van der Waals surface area (Å²) in [7, 11) is 0. The number of hydrogen-bond donors (Lipinski definition) is 1. The van der Waals surface area contributed by atoms with Gasteiger partial charge in [-0.3, -0.25) is 4.90 Å². The summed E-state index contributed by atoms with van der Waals surface area (Å²) in [6, 6.07) is 0.240. The van der Waals surface area contributed by atoms with Crippen LogP contribution in [0.15, 0.2) is 0 Å². The summed E-state index contributed by atoms with van der Waals surface area (Å²) in [5.74, 6) is 0. The average molecular weight is 276 g/mol. The molecule has 1 N–H and O–H groups in total. The van der Waals surface area contributed by atoms with E-state index in [9.17, 15) is 13.2 Å². The van der Waals surface area contributed by atoms with E-state index in [2.05, 4.69) is 15.9 Å². The maximum Gasteiger partial charge on any atom is 0.402 e. The maximum atomic E-state index is 12.2. The Morgan fingerprint density at radius 1 is 1.43 bits per heavy atom. The lowest BCUT2D eigenvalue weighted by atomic mass is 10.3. The van der Waals surface area contributed by atoms with Crippen molar-refractivity contribution >= 4 is 15.9 Å². The number of aliphatic hydroxyl groups excluding tert-OH is 1. The van der Waals surface area contributed by atoms with Crippen LogP contribution in [0.25, 0.3) is 0 Å². The van der Waals surface area contributed by atoms with Crippen molar-refractivity contribution in [2.45, 2.75) is 29.9 Å². The predicted octanol–water partition coefficient (Wildman–Crippen LogP) is 1.77. The van der Waals surface area contributed by atoms with Gasteiger partial charge in [0.15, 0.2) is 0 Å². The van der Waals surface area contributed by atoms with E-state index in [1.54, 1.807) is 4.90 Å². The molecule has 0 saturated heterocycles. The smallest absolute Gasteiger partial charge is 0.395 e. The fourth-order valence-corrected chi connectivity index (χ4v) is 1.67. The molecule has 1 rings (SSSR count).